The summed E-state index contributed by atoms with van der Waals surface area (Å²) in [5.74, 6) is 1.70. The van der Waals surface area contributed by atoms with Crippen molar-refractivity contribution in [3.05, 3.63) is 97.7 Å². The molecule has 0 unspecified atom stereocenters. The molecule has 0 aliphatic rings. The lowest BCUT2D eigenvalue weighted by molar-refractivity contribution is 0.479. The fourth-order valence-electron chi connectivity index (χ4n) is 2.79. The molecule has 2 heterocycles. The van der Waals surface area contributed by atoms with Crippen LogP contribution in [0.3, 0.4) is 0 Å². The standard InChI is InChI=1S/C23H20N6O/c1-3-11-25-17(2)23-26-28-29(27-23)20-13-19(18-8-5-4-6-9-18)14-22(15-20)30-21-10-7-12-24-16-21/h3-16,25H,2H2,1H3/b11-3-. The van der Waals surface area contributed by atoms with Crippen molar-refractivity contribution in [3.63, 3.8) is 0 Å². The van der Waals surface area contributed by atoms with E-state index in [9.17, 15) is 0 Å². The van der Waals surface area contributed by atoms with Gasteiger partial charge >= 0.3 is 0 Å². The van der Waals surface area contributed by atoms with E-state index in [2.05, 4.69) is 32.3 Å². The molecule has 148 valence electrons. The van der Waals surface area contributed by atoms with Crippen molar-refractivity contribution >= 4 is 5.70 Å². The van der Waals surface area contributed by atoms with E-state index in [1.807, 2.05) is 73.7 Å². The third-order valence-electron chi connectivity index (χ3n) is 4.21. The molecule has 0 spiro atoms. The number of tetrazole rings is 1. The zero-order valence-corrected chi connectivity index (χ0v) is 16.4. The molecule has 4 rings (SSSR count). The zero-order valence-electron chi connectivity index (χ0n) is 16.4. The topological polar surface area (TPSA) is 77.8 Å². The predicted octanol–water partition coefficient (Wildman–Crippen LogP) is 4.61. The van der Waals surface area contributed by atoms with E-state index in [-0.39, 0.29) is 0 Å². The van der Waals surface area contributed by atoms with Crippen molar-refractivity contribution in [1.29, 1.82) is 0 Å². The lowest BCUT2D eigenvalue weighted by Gasteiger charge is -2.10. The summed E-state index contributed by atoms with van der Waals surface area (Å²) in [5.41, 5.74) is 3.30. The summed E-state index contributed by atoms with van der Waals surface area (Å²) in [6.45, 7) is 5.84. The molecule has 0 radical (unpaired) electrons. The van der Waals surface area contributed by atoms with Crippen molar-refractivity contribution in [1.82, 2.24) is 30.5 Å². The summed E-state index contributed by atoms with van der Waals surface area (Å²) < 4.78 is 6.02. The van der Waals surface area contributed by atoms with Gasteiger partial charge in [0.2, 0.25) is 5.82 Å². The Morgan fingerprint density at radius 2 is 1.90 bits per heavy atom. The number of nitrogens with one attached hydrogen (secondary N) is 1. The number of rotatable bonds is 7. The Bertz CT molecular complexity index is 1170. The number of hydrogen-bond acceptors (Lipinski definition) is 6. The van der Waals surface area contributed by atoms with Gasteiger partial charge in [-0.2, -0.15) is 0 Å². The molecule has 4 aromatic rings. The molecule has 0 fully saturated rings. The molecular formula is C23H20N6O. The zero-order chi connectivity index (χ0) is 20.8. The van der Waals surface area contributed by atoms with Crippen LogP contribution in [0.5, 0.6) is 11.5 Å². The van der Waals surface area contributed by atoms with Crippen LogP contribution in [0.15, 0.2) is 91.9 Å². The SMILES string of the molecule is C=C(N/C=C\C)c1nnn(-c2cc(Oc3cccnc3)cc(-c3ccccc3)c2)n1. The van der Waals surface area contributed by atoms with Gasteiger partial charge in [-0.3, -0.25) is 4.98 Å². The highest BCUT2D eigenvalue weighted by Crippen LogP contribution is 2.30. The normalized spacial score (nSPS) is 10.8. The number of hydrogen-bond donors (Lipinski definition) is 1. The van der Waals surface area contributed by atoms with Crippen molar-refractivity contribution < 1.29 is 4.74 Å². The quantitative estimate of drug-likeness (QED) is 0.491. The largest absolute Gasteiger partial charge is 0.456 e. The molecule has 0 bridgehead atoms. The molecule has 0 aliphatic heterocycles. The van der Waals surface area contributed by atoms with E-state index >= 15 is 0 Å². The maximum atomic E-state index is 6.02. The summed E-state index contributed by atoms with van der Waals surface area (Å²) >= 11 is 0. The Hall–Kier alpha value is -4.26. The number of pyridine rings is 1. The van der Waals surface area contributed by atoms with Gasteiger partial charge in [0, 0.05) is 12.3 Å². The smallest absolute Gasteiger partial charge is 0.220 e. The van der Waals surface area contributed by atoms with E-state index < -0.39 is 0 Å². The number of allylic oxidation sites excluding steroid dienone is 1. The molecule has 0 saturated carbocycles. The minimum atomic E-state index is 0.410. The second-order valence-corrected chi connectivity index (χ2v) is 6.40. The summed E-state index contributed by atoms with van der Waals surface area (Å²) in [7, 11) is 0. The van der Waals surface area contributed by atoms with Crippen molar-refractivity contribution in [2.24, 2.45) is 0 Å². The van der Waals surface area contributed by atoms with Crippen LogP contribution in [0.1, 0.15) is 12.7 Å². The summed E-state index contributed by atoms with van der Waals surface area (Å²) in [6, 6.07) is 19.5. The first-order valence-corrected chi connectivity index (χ1v) is 9.39. The Labute approximate surface area is 174 Å². The van der Waals surface area contributed by atoms with Crippen molar-refractivity contribution in [3.8, 4) is 28.3 Å². The minimum Gasteiger partial charge on any atom is -0.456 e. The van der Waals surface area contributed by atoms with E-state index in [4.69, 9.17) is 4.74 Å². The first kappa shape index (κ1) is 19.1. The number of ether oxygens (including phenoxy) is 1. The van der Waals surface area contributed by atoms with Crippen LogP contribution in [0.2, 0.25) is 0 Å². The second kappa shape index (κ2) is 8.83. The van der Waals surface area contributed by atoms with E-state index in [0.717, 1.165) is 11.1 Å². The average molecular weight is 396 g/mol. The molecule has 2 aromatic carbocycles. The number of aromatic nitrogens is 5. The Balaban J connectivity index is 1.72. The molecule has 0 saturated heterocycles. The van der Waals surface area contributed by atoms with Gasteiger partial charge in [-0.15, -0.1) is 15.0 Å². The molecular weight excluding hydrogens is 376 g/mol. The van der Waals surface area contributed by atoms with Crippen LogP contribution in [0.4, 0.5) is 0 Å². The van der Waals surface area contributed by atoms with Gasteiger partial charge in [-0.1, -0.05) is 43.0 Å². The summed E-state index contributed by atoms with van der Waals surface area (Å²) in [4.78, 5) is 5.56. The minimum absolute atomic E-state index is 0.410. The fourth-order valence-corrected chi connectivity index (χ4v) is 2.79. The predicted molar refractivity (Wildman–Crippen MR) is 116 cm³/mol. The first-order valence-electron chi connectivity index (χ1n) is 9.39. The molecule has 7 nitrogen and oxygen atoms in total. The van der Waals surface area contributed by atoms with Gasteiger partial charge in [0.05, 0.1) is 17.6 Å². The molecule has 30 heavy (non-hydrogen) atoms. The second-order valence-electron chi connectivity index (χ2n) is 6.40. The molecule has 7 heteroatoms. The first-order chi connectivity index (χ1) is 14.7. The van der Waals surface area contributed by atoms with Crippen LogP contribution in [0.25, 0.3) is 22.5 Å². The van der Waals surface area contributed by atoms with Gasteiger partial charge in [0.15, 0.2) is 0 Å². The highest BCUT2D eigenvalue weighted by Gasteiger charge is 2.11. The molecule has 0 aliphatic carbocycles. The average Bonchev–Trinajstić information content (AvgIpc) is 3.29. The lowest BCUT2D eigenvalue weighted by atomic mass is 10.0. The van der Waals surface area contributed by atoms with Gasteiger partial charge in [-0.05, 0) is 53.7 Å². The van der Waals surface area contributed by atoms with Crippen LogP contribution in [-0.2, 0) is 0 Å². The van der Waals surface area contributed by atoms with Gasteiger partial charge in [0.1, 0.15) is 11.5 Å². The molecule has 1 N–H and O–H groups in total. The fraction of sp³-hybridized carbons (Fsp3) is 0.0435. The number of nitrogens with zero attached hydrogens (tertiary/aromatic N) is 5. The third-order valence-corrected chi connectivity index (χ3v) is 4.21. The third kappa shape index (κ3) is 4.41. The summed E-state index contributed by atoms with van der Waals surface area (Å²) in [6.07, 6.45) is 6.99. The van der Waals surface area contributed by atoms with Crippen molar-refractivity contribution in [2.75, 3.05) is 0 Å². The maximum absolute atomic E-state index is 6.02. The monoisotopic (exact) mass is 396 g/mol. The molecule has 2 aromatic heterocycles. The maximum Gasteiger partial charge on any atom is 0.220 e. The van der Waals surface area contributed by atoms with Crippen LogP contribution in [-0.4, -0.2) is 25.2 Å². The number of benzene rings is 2. The summed E-state index contributed by atoms with van der Waals surface area (Å²) in [5, 5.41) is 15.7. The molecule has 0 amide bonds. The highest BCUT2D eigenvalue weighted by molar-refractivity contribution is 5.68. The van der Waals surface area contributed by atoms with Crippen molar-refractivity contribution in [2.45, 2.75) is 6.92 Å². The van der Waals surface area contributed by atoms with Gasteiger partial charge < -0.3 is 10.1 Å². The molecule has 0 atom stereocenters. The Morgan fingerprint density at radius 1 is 1.03 bits per heavy atom. The Kier molecular flexibility index (Phi) is 5.61. The van der Waals surface area contributed by atoms with Crippen LogP contribution < -0.4 is 10.1 Å². The van der Waals surface area contributed by atoms with Gasteiger partial charge in [0.25, 0.3) is 0 Å². The van der Waals surface area contributed by atoms with Crippen LogP contribution >= 0.6 is 0 Å². The van der Waals surface area contributed by atoms with Crippen LogP contribution in [0, 0.1) is 0 Å². The lowest BCUT2D eigenvalue weighted by Crippen LogP contribution is -2.05. The highest BCUT2D eigenvalue weighted by atomic mass is 16.5. The van der Waals surface area contributed by atoms with E-state index in [0.29, 0.717) is 28.7 Å². The van der Waals surface area contributed by atoms with Gasteiger partial charge in [-0.25, -0.2) is 0 Å². The Morgan fingerprint density at radius 3 is 2.67 bits per heavy atom. The van der Waals surface area contributed by atoms with E-state index in [1.54, 1.807) is 18.6 Å². The van der Waals surface area contributed by atoms with E-state index in [1.165, 1.54) is 4.80 Å².